The van der Waals surface area contributed by atoms with Crippen LogP contribution < -0.4 is 4.72 Å². The van der Waals surface area contributed by atoms with Crippen LogP contribution in [-0.2, 0) is 16.6 Å². The molecule has 138 valence electrons. The highest BCUT2D eigenvalue weighted by molar-refractivity contribution is 7.89. The van der Waals surface area contributed by atoms with E-state index in [2.05, 4.69) is 14.7 Å². The summed E-state index contributed by atoms with van der Waals surface area (Å²) in [7, 11) is -3.65. The van der Waals surface area contributed by atoms with Gasteiger partial charge in [0.2, 0.25) is 10.0 Å². The van der Waals surface area contributed by atoms with E-state index in [0.717, 1.165) is 29.8 Å². The minimum atomic E-state index is -3.65. The van der Waals surface area contributed by atoms with E-state index in [-0.39, 0.29) is 17.3 Å². The summed E-state index contributed by atoms with van der Waals surface area (Å²) in [6.45, 7) is 0.115. The molecular weight excluding hydrogens is 365 g/mol. The fourth-order valence-electron chi connectivity index (χ4n) is 2.77. The summed E-state index contributed by atoms with van der Waals surface area (Å²) >= 11 is 0. The van der Waals surface area contributed by atoms with Gasteiger partial charge in [-0.1, -0.05) is 24.3 Å². The average Bonchev–Trinajstić information content (AvgIpc) is 3.53. The van der Waals surface area contributed by atoms with Gasteiger partial charge in [-0.3, -0.25) is 0 Å². The molecule has 4 rings (SSSR count). The molecule has 1 heterocycles. The Labute approximate surface area is 157 Å². The largest absolute Gasteiger partial charge is 0.241 e. The van der Waals surface area contributed by atoms with Crippen LogP contribution in [0.25, 0.3) is 11.1 Å². The van der Waals surface area contributed by atoms with Crippen LogP contribution in [-0.4, -0.2) is 18.4 Å². The van der Waals surface area contributed by atoms with Crippen LogP contribution in [0.4, 0.5) is 4.39 Å². The molecule has 7 heteroatoms. The van der Waals surface area contributed by atoms with Crippen molar-refractivity contribution in [3.05, 3.63) is 78.1 Å². The predicted octanol–water partition coefficient (Wildman–Crippen LogP) is 3.64. The third-order valence-electron chi connectivity index (χ3n) is 4.46. The maximum Gasteiger partial charge on any atom is 0.240 e. The van der Waals surface area contributed by atoms with Crippen molar-refractivity contribution < 1.29 is 12.8 Å². The lowest BCUT2D eigenvalue weighted by atomic mass is 10.1. The van der Waals surface area contributed by atoms with Crippen molar-refractivity contribution in [2.75, 3.05) is 0 Å². The van der Waals surface area contributed by atoms with Gasteiger partial charge in [0.15, 0.2) is 0 Å². The van der Waals surface area contributed by atoms with E-state index in [9.17, 15) is 12.8 Å². The molecule has 1 N–H and O–H groups in total. The molecule has 0 bridgehead atoms. The van der Waals surface area contributed by atoms with Gasteiger partial charge in [0.25, 0.3) is 0 Å². The molecule has 0 amide bonds. The van der Waals surface area contributed by atoms with Gasteiger partial charge in [0.05, 0.1) is 17.1 Å². The van der Waals surface area contributed by atoms with Crippen LogP contribution in [0.5, 0.6) is 0 Å². The lowest BCUT2D eigenvalue weighted by Gasteiger charge is -2.08. The van der Waals surface area contributed by atoms with Crippen LogP contribution in [0.2, 0.25) is 0 Å². The smallest absolute Gasteiger partial charge is 0.240 e. The van der Waals surface area contributed by atoms with Crippen LogP contribution in [0.15, 0.2) is 65.7 Å². The molecule has 0 atom stereocenters. The highest BCUT2D eigenvalue weighted by Crippen LogP contribution is 2.37. The monoisotopic (exact) mass is 383 g/mol. The van der Waals surface area contributed by atoms with E-state index in [0.29, 0.717) is 11.6 Å². The first kappa shape index (κ1) is 17.8. The molecule has 2 aromatic carbocycles. The second kappa shape index (κ2) is 7.17. The molecule has 1 aliphatic rings. The minimum Gasteiger partial charge on any atom is -0.241 e. The van der Waals surface area contributed by atoms with Gasteiger partial charge in [-0.2, -0.15) is 0 Å². The first-order chi connectivity index (χ1) is 13.0. The summed E-state index contributed by atoms with van der Waals surface area (Å²) in [5, 5.41) is 0. The number of aromatic nitrogens is 2. The van der Waals surface area contributed by atoms with Crippen LogP contribution >= 0.6 is 0 Å². The fourth-order valence-corrected chi connectivity index (χ4v) is 3.77. The average molecular weight is 383 g/mol. The molecule has 1 aromatic heterocycles. The molecule has 1 saturated carbocycles. The number of sulfonamides is 1. The number of benzene rings is 2. The minimum absolute atomic E-state index is 0.115. The number of halogens is 1. The van der Waals surface area contributed by atoms with Crippen molar-refractivity contribution in [1.29, 1.82) is 0 Å². The summed E-state index contributed by atoms with van der Waals surface area (Å²) < 4.78 is 40.7. The van der Waals surface area contributed by atoms with Crippen molar-refractivity contribution in [3.63, 3.8) is 0 Å². The molecule has 5 nitrogen and oxygen atoms in total. The summed E-state index contributed by atoms with van der Waals surface area (Å²) in [5.41, 5.74) is 2.29. The second-order valence-corrected chi connectivity index (χ2v) is 8.30. The Balaban J connectivity index is 1.46. The van der Waals surface area contributed by atoms with Gasteiger partial charge in [-0.05, 0) is 54.3 Å². The molecule has 3 aromatic rings. The molecule has 0 saturated heterocycles. The highest BCUT2D eigenvalue weighted by atomic mass is 32.2. The Hall–Kier alpha value is -2.64. The summed E-state index contributed by atoms with van der Waals surface area (Å²) in [4.78, 5) is 8.83. The van der Waals surface area contributed by atoms with Gasteiger partial charge in [0, 0.05) is 12.1 Å². The SMILES string of the molecule is O=S(=O)(NCc1ccnc(C2CC2)n1)c1ccc(-c2ccc(F)cc2)cc1. The van der Waals surface area contributed by atoms with Crippen molar-refractivity contribution in [2.24, 2.45) is 0 Å². The maximum absolute atomic E-state index is 13.0. The molecule has 0 spiro atoms. The first-order valence-corrected chi connectivity index (χ1v) is 10.2. The molecule has 0 aliphatic heterocycles. The summed E-state index contributed by atoms with van der Waals surface area (Å²) in [6, 6.07) is 14.3. The molecule has 27 heavy (non-hydrogen) atoms. The van der Waals surface area contributed by atoms with Crippen LogP contribution in [0, 0.1) is 5.82 Å². The van der Waals surface area contributed by atoms with Crippen molar-refractivity contribution >= 4 is 10.0 Å². The zero-order valence-electron chi connectivity index (χ0n) is 14.5. The quantitative estimate of drug-likeness (QED) is 0.705. The predicted molar refractivity (Wildman–Crippen MR) is 99.9 cm³/mol. The van der Waals surface area contributed by atoms with Crippen LogP contribution in [0.3, 0.4) is 0 Å². The van der Waals surface area contributed by atoms with E-state index in [1.807, 2.05) is 0 Å². The topological polar surface area (TPSA) is 72.0 Å². The number of hydrogen-bond donors (Lipinski definition) is 1. The molecule has 0 unspecified atom stereocenters. The van der Waals surface area contributed by atoms with E-state index in [1.54, 1.807) is 36.5 Å². The zero-order chi connectivity index (χ0) is 18.9. The third-order valence-corrected chi connectivity index (χ3v) is 5.88. The van der Waals surface area contributed by atoms with E-state index >= 15 is 0 Å². The van der Waals surface area contributed by atoms with Crippen molar-refractivity contribution in [1.82, 2.24) is 14.7 Å². The van der Waals surface area contributed by atoms with Gasteiger partial charge < -0.3 is 0 Å². The lowest BCUT2D eigenvalue weighted by Crippen LogP contribution is -2.24. The molecule has 1 aliphatic carbocycles. The Morgan fingerprint density at radius 3 is 2.22 bits per heavy atom. The lowest BCUT2D eigenvalue weighted by molar-refractivity contribution is 0.580. The number of nitrogens with zero attached hydrogens (tertiary/aromatic N) is 2. The second-order valence-electron chi connectivity index (χ2n) is 6.54. The van der Waals surface area contributed by atoms with Gasteiger partial charge in [-0.15, -0.1) is 0 Å². The van der Waals surface area contributed by atoms with E-state index < -0.39 is 10.0 Å². The Morgan fingerprint density at radius 1 is 0.963 bits per heavy atom. The first-order valence-electron chi connectivity index (χ1n) is 8.69. The van der Waals surface area contributed by atoms with Gasteiger partial charge >= 0.3 is 0 Å². The van der Waals surface area contributed by atoms with Gasteiger partial charge in [0.1, 0.15) is 11.6 Å². The maximum atomic E-state index is 13.0. The van der Waals surface area contributed by atoms with E-state index in [1.165, 1.54) is 24.3 Å². The van der Waals surface area contributed by atoms with Crippen LogP contribution in [0.1, 0.15) is 30.3 Å². The standard InChI is InChI=1S/C20H18FN3O2S/c21-17-7-3-14(4-8-17)15-5-9-19(10-6-15)27(25,26)23-13-18-11-12-22-20(24-18)16-1-2-16/h3-12,16,23H,1-2,13H2. The molecular formula is C20H18FN3O2S. The number of rotatable bonds is 6. The van der Waals surface area contributed by atoms with Crippen molar-refractivity contribution in [2.45, 2.75) is 30.2 Å². The Kier molecular flexibility index (Phi) is 4.72. The van der Waals surface area contributed by atoms with E-state index in [4.69, 9.17) is 0 Å². The Morgan fingerprint density at radius 2 is 1.59 bits per heavy atom. The molecule has 1 fully saturated rings. The van der Waals surface area contributed by atoms with Crippen molar-refractivity contribution in [3.8, 4) is 11.1 Å². The Bertz CT molecular complexity index is 1050. The summed E-state index contributed by atoms with van der Waals surface area (Å²) in [5.74, 6) is 0.896. The third kappa shape index (κ3) is 4.20. The number of hydrogen-bond acceptors (Lipinski definition) is 4. The normalized spacial score (nSPS) is 14.3. The van der Waals surface area contributed by atoms with Gasteiger partial charge in [-0.25, -0.2) is 27.5 Å². The molecule has 0 radical (unpaired) electrons. The fraction of sp³-hybridized carbons (Fsp3) is 0.200. The number of nitrogens with one attached hydrogen (secondary N) is 1. The zero-order valence-corrected chi connectivity index (χ0v) is 15.3. The highest BCUT2D eigenvalue weighted by Gasteiger charge is 2.26. The summed E-state index contributed by atoms with van der Waals surface area (Å²) in [6.07, 6.45) is 3.85.